The van der Waals surface area contributed by atoms with E-state index in [0.29, 0.717) is 10.0 Å². The lowest BCUT2D eigenvalue weighted by molar-refractivity contribution is -0.0428. The van der Waals surface area contributed by atoms with Crippen LogP contribution in [-0.2, 0) is 4.74 Å². The molecule has 0 bridgehead atoms. The van der Waals surface area contributed by atoms with Crippen molar-refractivity contribution in [1.82, 2.24) is 0 Å². The predicted molar refractivity (Wildman–Crippen MR) is 64.7 cm³/mol. The minimum atomic E-state index is -0.912. The molecule has 17 heavy (non-hydrogen) atoms. The fourth-order valence-electron chi connectivity index (χ4n) is 1.22. The van der Waals surface area contributed by atoms with Crippen LogP contribution >= 0.6 is 15.9 Å². The molecule has 1 aromatic rings. The van der Waals surface area contributed by atoms with Gasteiger partial charge < -0.3 is 9.84 Å². The highest BCUT2D eigenvalue weighted by atomic mass is 79.9. The summed E-state index contributed by atoms with van der Waals surface area (Å²) in [6, 6.07) is 6.00. The number of nitriles is 1. The summed E-state index contributed by atoms with van der Waals surface area (Å²) in [5.41, 5.74) is 0.417. The molecule has 1 rings (SSSR count). The highest BCUT2D eigenvalue weighted by molar-refractivity contribution is 9.10. The zero-order valence-corrected chi connectivity index (χ0v) is 11.1. The van der Waals surface area contributed by atoms with Crippen LogP contribution in [0.15, 0.2) is 22.7 Å². The maximum atomic E-state index is 13.1. The lowest BCUT2D eigenvalue weighted by Gasteiger charge is -2.20. The van der Waals surface area contributed by atoms with Gasteiger partial charge in [-0.1, -0.05) is 15.9 Å². The topological polar surface area (TPSA) is 53.2 Å². The normalized spacial score (nSPS) is 16.0. The van der Waals surface area contributed by atoms with Crippen molar-refractivity contribution in [2.45, 2.75) is 32.2 Å². The molecule has 3 atom stereocenters. The first-order valence-electron chi connectivity index (χ1n) is 5.13. The average molecular weight is 302 g/mol. The first-order valence-corrected chi connectivity index (χ1v) is 5.93. The molecule has 5 heteroatoms. The molecular formula is C12H13BrFNO2. The van der Waals surface area contributed by atoms with E-state index in [1.165, 1.54) is 18.2 Å². The summed E-state index contributed by atoms with van der Waals surface area (Å²) in [5, 5.41) is 18.3. The van der Waals surface area contributed by atoms with Crippen molar-refractivity contribution in [3.63, 3.8) is 0 Å². The Kier molecular flexibility index (Phi) is 5.06. The Bertz CT molecular complexity index is 431. The second-order valence-electron chi connectivity index (χ2n) is 3.76. The zero-order valence-electron chi connectivity index (χ0n) is 9.52. The number of benzene rings is 1. The van der Waals surface area contributed by atoms with Crippen LogP contribution in [0.3, 0.4) is 0 Å². The largest absolute Gasteiger partial charge is 0.391 e. The first kappa shape index (κ1) is 14.1. The number of hydrogen-bond acceptors (Lipinski definition) is 3. The molecule has 3 nitrogen and oxygen atoms in total. The van der Waals surface area contributed by atoms with E-state index in [-0.39, 0.29) is 0 Å². The van der Waals surface area contributed by atoms with Crippen molar-refractivity contribution in [3.05, 3.63) is 34.1 Å². The van der Waals surface area contributed by atoms with Crippen molar-refractivity contribution >= 4 is 15.9 Å². The number of halogens is 2. The van der Waals surface area contributed by atoms with Gasteiger partial charge in [-0.2, -0.15) is 5.26 Å². The maximum absolute atomic E-state index is 13.1. The summed E-state index contributed by atoms with van der Waals surface area (Å²) < 4.78 is 19.1. The SMILES string of the molecule is CC(O)C(C)OC(C#N)c1cc(F)ccc1Br. The lowest BCUT2D eigenvalue weighted by Crippen LogP contribution is -2.24. The van der Waals surface area contributed by atoms with Gasteiger partial charge in [0.25, 0.3) is 0 Å². The van der Waals surface area contributed by atoms with E-state index < -0.39 is 24.1 Å². The number of ether oxygens (including phenoxy) is 1. The van der Waals surface area contributed by atoms with Gasteiger partial charge in [-0.05, 0) is 32.0 Å². The molecule has 0 aliphatic carbocycles. The van der Waals surface area contributed by atoms with Crippen LogP contribution in [0.1, 0.15) is 25.5 Å². The lowest BCUT2D eigenvalue weighted by atomic mass is 10.1. The molecule has 92 valence electrons. The molecule has 0 saturated carbocycles. The average Bonchev–Trinajstić information content (AvgIpc) is 2.29. The molecule has 3 unspecified atom stereocenters. The van der Waals surface area contributed by atoms with E-state index >= 15 is 0 Å². The molecule has 0 aliphatic rings. The van der Waals surface area contributed by atoms with Crippen molar-refractivity contribution in [3.8, 4) is 6.07 Å². The van der Waals surface area contributed by atoms with Crippen molar-refractivity contribution in [1.29, 1.82) is 5.26 Å². The van der Waals surface area contributed by atoms with Gasteiger partial charge in [0.1, 0.15) is 5.82 Å². The number of aliphatic hydroxyl groups excluding tert-OH is 1. The van der Waals surface area contributed by atoms with Gasteiger partial charge in [-0.3, -0.25) is 0 Å². The van der Waals surface area contributed by atoms with Gasteiger partial charge in [0, 0.05) is 10.0 Å². The van der Waals surface area contributed by atoms with Gasteiger partial charge in [-0.15, -0.1) is 0 Å². The summed E-state index contributed by atoms with van der Waals surface area (Å²) in [6.07, 6.45) is -2.11. The summed E-state index contributed by atoms with van der Waals surface area (Å²) in [7, 11) is 0. The van der Waals surface area contributed by atoms with Gasteiger partial charge in [0.2, 0.25) is 0 Å². The minimum Gasteiger partial charge on any atom is -0.391 e. The molecule has 1 aromatic carbocycles. The Hall–Kier alpha value is -0.960. The molecular weight excluding hydrogens is 289 g/mol. The van der Waals surface area contributed by atoms with Crippen LogP contribution in [0.2, 0.25) is 0 Å². The van der Waals surface area contributed by atoms with E-state index in [9.17, 15) is 9.50 Å². The monoisotopic (exact) mass is 301 g/mol. The first-order chi connectivity index (χ1) is 7.95. The standard InChI is InChI=1S/C12H13BrFNO2/c1-7(16)8(2)17-12(6-15)10-5-9(14)3-4-11(10)13/h3-5,7-8,12,16H,1-2H3. The van der Waals surface area contributed by atoms with Crippen LogP contribution in [-0.4, -0.2) is 17.3 Å². The van der Waals surface area contributed by atoms with E-state index in [1.54, 1.807) is 13.8 Å². The Morgan fingerprint density at radius 1 is 1.47 bits per heavy atom. The highest BCUT2D eigenvalue weighted by Gasteiger charge is 2.20. The van der Waals surface area contributed by atoms with E-state index in [1.807, 2.05) is 6.07 Å². The zero-order chi connectivity index (χ0) is 13.0. The third-order valence-corrected chi connectivity index (χ3v) is 3.11. The van der Waals surface area contributed by atoms with Crippen LogP contribution in [0.25, 0.3) is 0 Å². The summed E-state index contributed by atoms with van der Waals surface area (Å²) in [4.78, 5) is 0. The molecule has 1 N–H and O–H groups in total. The quantitative estimate of drug-likeness (QED) is 0.930. The van der Waals surface area contributed by atoms with Gasteiger partial charge in [0.05, 0.1) is 18.3 Å². The van der Waals surface area contributed by atoms with E-state index in [2.05, 4.69) is 15.9 Å². The highest BCUT2D eigenvalue weighted by Crippen LogP contribution is 2.27. The molecule has 0 aromatic heterocycles. The number of nitrogens with zero attached hydrogens (tertiary/aromatic N) is 1. The summed E-state index contributed by atoms with van der Waals surface area (Å²) >= 11 is 3.24. The third-order valence-electron chi connectivity index (χ3n) is 2.39. The smallest absolute Gasteiger partial charge is 0.170 e. The van der Waals surface area contributed by atoms with Crippen LogP contribution in [0.4, 0.5) is 4.39 Å². The van der Waals surface area contributed by atoms with Gasteiger partial charge in [-0.25, -0.2) is 4.39 Å². The molecule has 0 heterocycles. The Morgan fingerprint density at radius 3 is 2.65 bits per heavy atom. The van der Waals surface area contributed by atoms with Gasteiger partial charge in [0.15, 0.2) is 6.10 Å². The molecule has 0 amide bonds. The number of rotatable bonds is 4. The fraction of sp³-hybridized carbons (Fsp3) is 0.417. The second kappa shape index (κ2) is 6.10. The molecule has 0 spiro atoms. The molecule has 0 radical (unpaired) electrons. The maximum Gasteiger partial charge on any atom is 0.170 e. The van der Waals surface area contributed by atoms with Gasteiger partial charge >= 0.3 is 0 Å². The van der Waals surface area contributed by atoms with Crippen LogP contribution < -0.4 is 0 Å². The van der Waals surface area contributed by atoms with Crippen LogP contribution in [0, 0.1) is 17.1 Å². The van der Waals surface area contributed by atoms with E-state index in [4.69, 9.17) is 10.00 Å². The number of aliphatic hydroxyl groups is 1. The van der Waals surface area contributed by atoms with Crippen molar-refractivity contribution in [2.24, 2.45) is 0 Å². The summed E-state index contributed by atoms with van der Waals surface area (Å²) in [5.74, 6) is -0.434. The van der Waals surface area contributed by atoms with Crippen molar-refractivity contribution < 1.29 is 14.2 Å². The van der Waals surface area contributed by atoms with Crippen molar-refractivity contribution in [2.75, 3.05) is 0 Å². The van der Waals surface area contributed by atoms with E-state index in [0.717, 1.165) is 0 Å². The Balaban J connectivity index is 2.95. The Morgan fingerprint density at radius 2 is 2.12 bits per heavy atom. The summed E-state index contributed by atoms with van der Waals surface area (Å²) in [6.45, 7) is 3.22. The van der Waals surface area contributed by atoms with Crippen LogP contribution in [0.5, 0.6) is 0 Å². The molecule has 0 aliphatic heterocycles. The molecule has 0 saturated heterocycles. The second-order valence-corrected chi connectivity index (χ2v) is 4.61. The minimum absolute atomic E-state index is 0.417. The number of hydrogen-bond donors (Lipinski definition) is 1. The fourth-order valence-corrected chi connectivity index (χ4v) is 1.67. The Labute approximate surface area is 108 Å². The third kappa shape index (κ3) is 3.77. The molecule has 0 fully saturated rings. The predicted octanol–water partition coefficient (Wildman–Crippen LogP) is 2.94.